The van der Waals surface area contributed by atoms with Gasteiger partial charge in [0.2, 0.25) is 0 Å². The Morgan fingerprint density at radius 1 is 1.08 bits per heavy atom. The van der Waals surface area contributed by atoms with Gasteiger partial charge in [-0.3, -0.25) is 4.79 Å². The van der Waals surface area contributed by atoms with Crippen molar-refractivity contribution in [3.63, 3.8) is 0 Å². The van der Waals surface area contributed by atoms with Crippen LogP contribution >= 0.6 is 0 Å². The molecule has 0 saturated carbocycles. The number of nitrogens with zero attached hydrogens (tertiary/aromatic N) is 4. The lowest BCUT2D eigenvalue weighted by Crippen LogP contribution is -2.31. The minimum Gasteiger partial charge on any atom is -0.355 e. The van der Waals surface area contributed by atoms with E-state index in [1.807, 2.05) is 30.3 Å². The van der Waals surface area contributed by atoms with Crippen molar-refractivity contribution < 1.29 is 4.79 Å². The van der Waals surface area contributed by atoms with E-state index in [1.165, 1.54) is 19.3 Å². The fourth-order valence-corrected chi connectivity index (χ4v) is 3.08. The van der Waals surface area contributed by atoms with Gasteiger partial charge < -0.3 is 15.2 Å². The summed E-state index contributed by atoms with van der Waals surface area (Å²) in [6, 6.07) is 11.4. The number of piperidine rings is 1. The van der Waals surface area contributed by atoms with Crippen LogP contribution in [0.1, 0.15) is 35.6 Å². The summed E-state index contributed by atoms with van der Waals surface area (Å²) in [5, 5.41) is 11.1. The summed E-state index contributed by atoms with van der Waals surface area (Å²) in [6.45, 7) is 2.33. The van der Waals surface area contributed by atoms with Gasteiger partial charge in [-0.05, 0) is 43.5 Å². The third-order valence-electron chi connectivity index (χ3n) is 4.42. The second kappa shape index (κ2) is 6.88. The van der Waals surface area contributed by atoms with Crippen molar-refractivity contribution in [1.29, 1.82) is 0 Å². The van der Waals surface area contributed by atoms with E-state index in [4.69, 9.17) is 0 Å². The zero-order valence-electron chi connectivity index (χ0n) is 13.9. The van der Waals surface area contributed by atoms with Crippen molar-refractivity contribution in [2.24, 2.45) is 0 Å². The van der Waals surface area contributed by atoms with Gasteiger partial charge in [0.1, 0.15) is 5.82 Å². The van der Waals surface area contributed by atoms with Gasteiger partial charge in [-0.1, -0.05) is 12.1 Å². The normalized spacial score (nSPS) is 14.6. The van der Waals surface area contributed by atoms with Crippen molar-refractivity contribution in [2.45, 2.75) is 25.8 Å². The zero-order chi connectivity index (χ0) is 17.1. The lowest BCUT2D eigenvalue weighted by Gasteiger charge is -2.27. The number of aromatic amines is 1. The predicted octanol–water partition coefficient (Wildman–Crippen LogP) is 2.27. The maximum absolute atomic E-state index is 12.3. The summed E-state index contributed by atoms with van der Waals surface area (Å²) in [5.74, 6) is 1.30. The summed E-state index contributed by atoms with van der Waals surface area (Å²) in [6.07, 6.45) is 3.63. The number of carbonyl (C=O) groups is 1. The summed E-state index contributed by atoms with van der Waals surface area (Å²) < 4.78 is 0. The Labute approximate surface area is 145 Å². The molecule has 1 saturated heterocycles. The Morgan fingerprint density at radius 2 is 1.92 bits per heavy atom. The first-order valence-corrected chi connectivity index (χ1v) is 8.60. The number of fused-ring (bicyclic) bond motifs is 1. The van der Waals surface area contributed by atoms with E-state index in [9.17, 15) is 4.79 Å². The SMILES string of the molecule is O=C(NCc1nc2ccccc2[nH]1)c1ccc(N2CCCCC2)nn1. The van der Waals surface area contributed by atoms with Crippen LogP contribution in [0.4, 0.5) is 5.82 Å². The topological polar surface area (TPSA) is 86.8 Å². The maximum Gasteiger partial charge on any atom is 0.272 e. The Balaban J connectivity index is 1.38. The van der Waals surface area contributed by atoms with Crippen LogP contribution < -0.4 is 10.2 Å². The standard InChI is InChI=1S/C18H20N6O/c25-18(19-12-16-20-13-6-2-3-7-14(13)21-16)15-8-9-17(23-22-15)24-10-4-1-5-11-24/h2-3,6-9H,1,4-5,10-12H2,(H,19,25)(H,20,21). The van der Waals surface area contributed by atoms with E-state index in [2.05, 4.69) is 30.4 Å². The van der Waals surface area contributed by atoms with Crippen molar-refractivity contribution >= 4 is 22.8 Å². The van der Waals surface area contributed by atoms with Crippen LogP contribution in [0.15, 0.2) is 36.4 Å². The van der Waals surface area contributed by atoms with Gasteiger partial charge in [-0.15, -0.1) is 10.2 Å². The molecule has 1 aromatic carbocycles. The third kappa shape index (κ3) is 3.45. The van der Waals surface area contributed by atoms with Crippen LogP contribution in [0.25, 0.3) is 11.0 Å². The molecular formula is C18H20N6O. The van der Waals surface area contributed by atoms with E-state index in [1.54, 1.807) is 6.07 Å². The van der Waals surface area contributed by atoms with Crippen molar-refractivity contribution in [3.8, 4) is 0 Å². The second-order valence-electron chi connectivity index (χ2n) is 6.21. The number of H-pyrrole nitrogens is 1. The lowest BCUT2D eigenvalue weighted by molar-refractivity contribution is 0.0944. The molecule has 3 aromatic rings. The molecule has 0 radical (unpaired) electrons. The van der Waals surface area contributed by atoms with Crippen molar-refractivity contribution in [3.05, 3.63) is 47.9 Å². The Hall–Kier alpha value is -2.96. The number of benzene rings is 1. The minimum atomic E-state index is -0.252. The molecule has 2 aromatic heterocycles. The molecule has 4 rings (SSSR count). The second-order valence-corrected chi connectivity index (χ2v) is 6.21. The number of carbonyl (C=O) groups excluding carboxylic acids is 1. The van der Waals surface area contributed by atoms with E-state index >= 15 is 0 Å². The number of imidazole rings is 1. The number of nitrogens with one attached hydrogen (secondary N) is 2. The number of hydrogen-bond acceptors (Lipinski definition) is 5. The molecular weight excluding hydrogens is 316 g/mol. The molecule has 0 bridgehead atoms. The quantitative estimate of drug-likeness (QED) is 0.763. The Morgan fingerprint density at radius 3 is 2.68 bits per heavy atom. The largest absolute Gasteiger partial charge is 0.355 e. The number of aromatic nitrogens is 4. The fraction of sp³-hybridized carbons (Fsp3) is 0.333. The lowest BCUT2D eigenvalue weighted by atomic mass is 10.1. The Bertz CT molecular complexity index is 834. The van der Waals surface area contributed by atoms with Crippen LogP contribution in [0, 0.1) is 0 Å². The molecule has 3 heterocycles. The van der Waals surface area contributed by atoms with Gasteiger partial charge in [-0.25, -0.2) is 4.98 Å². The first kappa shape index (κ1) is 15.6. The molecule has 1 fully saturated rings. The average molecular weight is 336 g/mol. The highest BCUT2D eigenvalue weighted by Gasteiger charge is 2.14. The van der Waals surface area contributed by atoms with Crippen LogP contribution in [0.5, 0.6) is 0 Å². The van der Waals surface area contributed by atoms with Crippen LogP contribution in [-0.2, 0) is 6.54 Å². The predicted molar refractivity (Wildman–Crippen MR) is 95.4 cm³/mol. The van der Waals surface area contributed by atoms with Crippen molar-refractivity contribution in [1.82, 2.24) is 25.5 Å². The molecule has 0 aliphatic carbocycles. The van der Waals surface area contributed by atoms with Gasteiger partial charge in [-0.2, -0.15) is 0 Å². The van der Waals surface area contributed by atoms with Crippen LogP contribution in [0.3, 0.4) is 0 Å². The highest BCUT2D eigenvalue weighted by atomic mass is 16.1. The van der Waals surface area contributed by atoms with Gasteiger partial charge >= 0.3 is 0 Å². The van der Waals surface area contributed by atoms with E-state index in [0.29, 0.717) is 18.1 Å². The highest BCUT2D eigenvalue weighted by Crippen LogP contribution is 2.16. The fourth-order valence-electron chi connectivity index (χ4n) is 3.08. The summed E-state index contributed by atoms with van der Waals surface area (Å²) in [5.41, 5.74) is 2.16. The maximum atomic E-state index is 12.3. The summed E-state index contributed by atoms with van der Waals surface area (Å²) >= 11 is 0. The first-order valence-electron chi connectivity index (χ1n) is 8.60. The average Bonchev–Trinajstić information content (AvgIpc) is 3.10. The molecule has 0 spiro atoms. The highest BCUT2D eigenvalue weighted by molar-refractivity contribution is 5.92. The first-order chi connectivity index (χ1) is 12.3. The smallest absolute Gasteiger partial charge is 0.272 e. The Kier molecular flexibility index (Phi) is 4.28. The number of amides is 1. The summed E-state index contributed by atoms with van der Waals surface area (Å²) in [4.78, 5) is 22.1. The summed E-state index contributed by atoms with van der Waals surface area (Å²) in [7, 11) is 0. The van der Waals surface area contributed by atoms with Gasteiger partial charge in [0.15, 0.2) is 11.5 Å². The van der Waals surface area contributed by atoms with Gasteiger partial charge in [0.25, 0.3) is 5.91 Å². The number of para-hydroxylation sites is 2. The zero-order valence-corrected chi connectivity index (χ0v) is 13.9. The molecule has 7 nitrogen and oxygen atoms in total. The van der Waals surface area contributed by atoms with E-state index in [0.717, 1.165) is 29.9 Å². The van der Waals surface area contributed by atoms with Crippen LogP contribution in [0.2, 0.25) is 0 Å². The number of hydrogen-bond donors (Lipinski definition) is 2. The van der Waals surface area contributed by atoms with Gasteiger partial charge in [0.05, 0.1) is 17.6 Å². The van der Waals surface area contributed by atoms with E-state index < -0.39 is 0 Å². The molecule has 1 amide bonds. The molecule has 7 heteroatoms. The molecule has 0 unspecified atom stereocenters. The molecule has 1 aliphatic rings. The number of anilines is 1. The molecule has 25 heavy (non-hydrogen) atoms. The molecule has 2 N–H and O–H groups in total. The molecule has 0 atom stereocenters. The van der Waals surface area contributed by atoms with Crippen molar-refractivity contribution in [2.75, 3.05) is 18.0 Å². The molecule has 1 aliphatic heterocycles. The molecule has 128 valence electrons. The number of rotatable bonds is 4. The van der Waals surface area contributed by atoms with Gasteiger partial charge in [0, 0.05) is 13.1 Å². The van der Waals surface area contributed by atoms with Crippen LogP contribution in [-0.4, -0.2) is 39.2 Å². The minimum absolute atomic E-state index is 0.252. The third-order valence-corrected chi connectivity index (χ3v) is 4.42. The monoisotopic (exact) mass is 336 g/mol. The van der Waals surface area contributed by atoms with E-state index in [-0.39, 0.29) is 5.91 Å².